The number of rotatable bonds is 16. The lowest BCUT2D eigenvalue weighted by Gasteiger charge is -2.44. The van der Waals surface area contributed by atoms with E-state index >= 15 is 0 Å². The lowest BCUT2D eigenvalue weighted by atomic mass is 9.60. The predicted octanol–water partition coefficient (Wildman–Crippen LogP) is 4.18. The Balaban J connectivity index is 1.56. The van der Waals surface area contributed by atoms with Gasteiger partial charge in [0.25, 0.3) is 5.91 Å². The lowest BCUT2D eigenvalue weighted by Crippen LogP contribution is -2.62. The fraction of sp³-hybridized carbons (Fsp3) is 0.750. The number of carbonyl (C=O) groups excluding carboxylic acids is 6. The van der Waals surface area contributed by atoms with Crippen LogP contribution in [0.4, 0.5) is 9.59 Å². The van der Waals surface area contributed by atoms with E-state index < -0.39 is 64.7 Å². The number of Topliss-reactive ketones (excluding diaryl/α,β-unsaturated/α-hetero) is 1. The first-order valence-electron chi connectivity index (χ1n) is 19.5. The SMILES string of the molecule is C=CCNC(=O)C(=O)C(/C=C/CCC1CC1)NC(=O)[C@@H]1[C@@H]2C(CC2C(C)C)CN1C(=O)[C@@H](NC(=O)N[C@H](CN1CCCOC1=O)C(C)(C)C)C(C)(C)C. The van der Waals surface area contributed by atoms with Gasteiger partial charge in [-0.2, -0.15) is 0 Å². The number of cyclic esters (lactones) is 1. The van der Waals surface area contributed by atoms with Gasteiger partial charge in [0.2, 0.25) is 17.6 Å². The zero-order valence-corrected chi connectivity index (χ0v) is 33.2. The normalized spacial score (nSPS) is 24.7. The molecule has 13 nitrogen and oxygen atoms in total. The van der Waals surface area contributed by atoms with Gasteiger partial charge in [-0.1, -0.05) is 86.5 Å². The van der Waals surface area contributed by atoms with Crippen molar-refractivity contribution in [1.82, 2.24) is 31.1 Å². The maximum atomic E-state index is 14.7. The van der Waals surface area contributed by atoms with Crippen LogP contribution in [-0.4, -0.2) is 102 Å². The molecule has 53 heavy (non-hydrogen) atoms. The van der Waals surface area contributed by atoms with Gasteiger partial charge in [0, 0.05) is 26.2 Å². The van der Waals surface area contributed by atoms with Gasteiger partial charge in [-0.05, 0) is 66.1 Å². The molecule has 13 heteroatoms. The van der Waals surface area contributed by atoms with Gasteiger partial charge < -0.3 is 35.8 Å². The molecule has 4 N–H and O–H groups in total. The summed E-state index contributed by atoms with van der Waals surface area (Å²) in [5.74, 6) is -1.40. The van der Waals surface area contributed by atoms with Crippen molar-refractivity contribution in [2.45, 2.75) is 118 Å². The van der Waals surface area contributed by atoms with Crippen LogP contribution in [0.5, 0.6) is 0 Å². The van der Waals surface area contributed by atoms with Crippen LogP contribution in [0.3, 0.4) is 0 Å². The Morgan fingerprint density at radius 3 is 2.28 bits per heavy atom. The number of nitrogens with zero attached hydrogens (tertiary/aromatic N) is 2. The highest BCUT2D eigenvalue weighted by atomic mass is 16.6. The largest absolute Gasteiger partial charge is 0.449 e. The molecule has 6 amide bonds. The van der Waals surface area contributed by atoms with Gasteiger partial charge in [-0.15, -0.1) is 6.58 Å². The van der Waals surface area contributed by atoms with Crippen LogP contribution in [0.15, 0.2) is 24.8 Å². The predicted molar refractivity (Wildman–Crippen MR) is 202 cm³/mol. The summed E-state index contributed by atoms with van der Waals surface area (Å²) in [4.78, 5) is 84.6. The molecule has 0 spiro atoms. The molecule has 2 saturated heterocycles. The maximum absolute atomic E-state index is 14.7. The molecular weight excluding hydrogens is 676 g/mol. The first-order valence-corrected chi connectivity index (χ1v) is 19.5. The Hall–Kier alpha value is -3.90. The van der Waals surface area contributed by atoms with Crippen molar-refractivity contribution in [3.63, 3.8) is 0 Å². The second kappa shape index (κ2) is 17.5. The Kier molecular flexibility index (Phi) is 13.8. The van der Waals surface area contributed by atoms with Crippen LogP contribution >= 0.6 is 0 Å². The summed E-state index contributed by atoms with van der Waals surface area (Å²) >= 11 is 0. The topological polar surface area (TPSA) is 166 Å². The number of fused-ring (bicyclic) bond motifs is 1. The molecule has 4 fully saturated rings. The van der Waals surface area contributed by atoms with Crippen LogP contribution in [0.1, 0.15) is 93.9 Å². The zero-order chi connectivity index (χ0) is 39.2. The van der Waals surface area contributed by atoms with E-state index in [0.29, 0.717) is 32.0 Å². The second-order valence-electron chi connectivity index (χ2n) is 18.0. The summed E-state index contributed by atoms with van der Waals surface area (Å²) in [6.07, 6.45) is 10.2. The minimum atomic E-state index is -1.20. The summed E-state index contributed by atoms with van der Waals surface area (Å²) in [5.41, 5.74) is -1.17. The molecule has 4 rings (SSSR count). The number of amides is 6. The molecule has 0 aromatic heterocycles. The Morgan fingerprint density at radius 2 is 1.70 bits per heavy atom. The third kappa shape index (κ3) is 10.8. The van der Waals surface area contributed by atoms with Crippen LogP contribution in [-0.2, 0) is 23.9 Å². The summed E-state index contributed by atoms with van der Waals surface area (Å²) < 4.78 is 5.21. The zero-order valence-electron chi connectivity index (χ0n) is 33.2. The van der Waals surface area contributed by atoms with Crippen molar-refractivity contribution in [2.24, 2.45) is 40.4 Å². The minimum absolute atomic E-state index is 0.0882. The molecule has 2 saturated carbocycles. The second-order valence-corrected chi connectivity index (χ2v) is 18.0. The van der Waals surface area contributed by atoms with Crippen molar-refractivity contribution in [3.05, 3.63) is 24.8 Å². The van der Waals surface area contributed by atoms with Gasteiger partial charge in [0.1, 0.15) is 18.1 Å². The quantitative estimate of drug-likeness (QED) is 0.136. The first kappa shape index (κ1) is 41.9. The molecular formula is C40H64N6O7. The van der Waals surface area contributed by atoms with E-state index in [9.17, 15) is 28.8 Å². The third-order valence-electron chi connectivity index (χ3n) is 11.3. The molecule has 0 aromatic rings. The van der Waals surface area contributed by atoms with Crippen LogP contribution in [0.2, 0.25) is 0 Å². The summed E-state index contributed by atoms with van der Waals surface area (Å²) in [7, 11) is 0. The van der Waals surface area contributed by atoms with E-state index in [1.54, 1.807) is 15.9 Å². The van der Waals surface area contributed by atoms with Crippen molar-refractivity contribution in [3.8, 4) is 0 Å². The molecule has 7 atom stereocenters. The molecule has 2 aliphatic heterocycles. The van der Waals surface area contributed by atoms with Crippen molar-refractivity contribution >= 4 is 35.6 Å². The average molecular weight is 741 g/mol. The smallest absolute Gasteiger partial charge is 0.409 e. The van der Waals surface area contributed by atoms with Crippen molar-refractivity contribution in [2.75, 3.05) is 32.8 Å². The van der Waals surface area contributed by atoms with E-state index in [1.165, 1.54) is 18.9 Å². The molecule has 296 valence electrons. The van der Waals surface area contributed by atoms with Gasteiger partial charge in [0.05, 0.1) is 12.6 Å². The molecule has 2 aliphatic carbocycles. The molecule has 0 radical (unpaired) electrons. The molecule has 0 aromatic carbocycles. The lowest BCUT2D eigenvalue weighted by molar-refractivity contribution is -0.144. The van der Waals surface area contributed by atoms with Gasteiger partial charge in [0.15, 0.2) is 0 Å². The standard InChI is InChI=1S/C40H64N6O7/c1-10-18-41-35(49)32(47)28(15-12-11-14-25-16-17-25)42-34(48)31-30-26(21-27(30)24(2)3)22-46(31)36(50)33(40(7,8)9)44-37(51)43-29(39(4,5)6)23-45-19-13-20-53-38(45)52/h10,12,15,24-31,33H,1,11,13-14,16-23H2,2-9H3,(H,41,49)(H,42,48)(H2,43,44,51)/b15-12+/t26?,27?,28?,29-,30-,31+,33-/m1/s1. The maximum Gasteiger partial charge on any atom is 0.409 e. The van der Waals surface area contributed by atoms with Gasteiger partial charge >= 0.3 is 12.1 Å². The van der Waals surface area contributed by atoms with Gasteiger partial charge in [-0.25, -0.2) is 9.59 Å². The number of ether oxygens (including phenoxy) is 1. The van der Waals surface area contributed by atoms with Crippen LogP contribution < -0.4 is 21.3 Å². The highest BCUT2D eigenvalue weighted by Gasteiger charge is 2.59. The van der Waals surface area contributed by atoms with E-state index in [4.69, 9.17) is 4.74 Å². The van der Waals surface area contributed by atoms with E-state index in [1.807, 2.05) is 47.6 Å². The number of ketones is 1. The summed E-state index contributed by atoms with van der Waals surface area (Å²) in [5, 5.41) is 11.3. The van der Waals surface area contributed by atoms with Gasteiger partial charge in [-0.3, -0.25) is 19.2 Å². The number of carbonyl (C=O) groups is 6. The average Bonchev–Trinajstić information content (AvgIpc) is 3.84. The highest BCUT2D eigenvalue weighted by Crippen LogP contribution is 2.52. The van der Waals surface area contributed by atoms with Crippen LogP contribution in [0.25, 0.3) is 0 Å². The fourth-order valence-electron chi connectivity index (χ4n) is 7.81. The molecule has 0 bridgehead atoms. The molecule has 2 heterocycles. The monoisotopic (exact) mass is 740 g/mol. The molecule has 4 aliphatic rings. The van der Waals surface area contributed by atoms with E-state index in [-0.39, 0.29) is 42.7 Å². The van der Waals surface area contributed by atoms with Crippen molar-refractivity contribution < 1.29 is 33.5 Å². The van der Waals surface area contributed by atoms with Crippen LogP contribution in [0, 0.1) is 40.4 Å². The van der Waals surface area contributed by atoms with E-state index in [0.717, 1.165) is 19.3 Å². The number of hydrogen-bond donors (Lipinski definition) is 4. The van der Waals surface area contributed by atoms with Crippen molar-refractivity contribution in [1.29, 1.82) is 0 Å². The summed E-state index contributed by atoms with van der Waals surface area (Å²) in [6.45, 7) is 20.9. The highest BCUT2D eigenvalue weighted by molar-refractivity contribution is 6.39. The Bertz CT molecular complexity index is 1410. The minimum Gasteiger partial charge on any atom is -0.449 e. The number of urea groups is 1. The Morgan fingerprint density at radius 1 is 1.00 bits per heavy atom. The molecule has 3 unspecified atom stereocenters. The fourth-order valence-corrected chi connectivity index (χ4v) is 7.81. The number of allylic oxidation sites excluding steroid dienone is 1. The third-order valence-corrected chi connectivity index (χ3v) is 11.3. The number of likely N-dealkylation sites (tertiary alicyclic amines) is 1. The Labute approximate surface area is 315 Å². The summed E-state index contributed by atoms with van der Waals surface area (Å²) in [6, 6.07) is -4.10. The first-order chi connectivity index (χ1) is 24.8. The number of hydrogen-bond acceptors (Lipinski definition) is 7. The van der Waals surface area contributed by atoms with E-state index in [2.05, 4.69) is 41.7 Å². The number of nitrogens with one attached hydrogen (secondary N) is 4.